The summed E-state index contributed by atoms with van der Waals surface area (Å²) in [6.07, 6.45) is 1.62. The molecule has 1 rings (SSSR count). The lowest BCUT2D eigenvalue weighted by molar-refractivity contribution is -0.119. The fraction of sp³-hybridized carbons (Fsp3) is 0.857. The van der Waals surface area contributed by atoms with Crippen molar-refractivity contribution in [2.24, 2.45) is 0 Å². The minimum absolute atomic E-state index is 0.170. The Bertz CT molecular complexity index is 149. The van der Waals surface area contributed by atoms with Gasteiger partial charge in [0.15, 0.2) is 0 Å². The summed E-state index contributed by atoms with van der Waals surface area (Å²) in [5, 5.41) is 6.23. The number of thiol groups is 1. The Morgan fingerprint density at radius 3 is 3.09 bits per heavy atom. The molecule has 0 aliphatic carbocycles. The zero-order chi connectivity index (χ0) is 8.27. The van der Waals surface area contributed by atoms with Crippen molar-refractivity contribution >= 4 is 18.5 Å². The fourth-order valence-electron chi connectivity index (χ4n) is 1.14. The van der Waals surface area contributed by atoms with Gasteiger partial charge in [-0.2, -0.15) is 12.6 Å². The smallest absolute Gasteiger partial charge is 0.220 e. The summed E-state index contributed by atoms with van der Waals surface area (Å²) in [5.74, 6) is 0.170. The highest BCUT2D eigenvalue weighted by atomic mass is 32.1. The maximum Gasteiger partial charge on any atom is 0.220 e. The second kappa shape index (κ2) is 3.97. The highest BCUT2D eigenvalue weighted by molar-refractivity contribution is 7.80. The van der Waals surface area contributed by atoms with Crippen LogP contribution in [0.5, 0.6) is 0 Å². The van der Waals surface area contributed by atoms with E-state index < -0.39 is 0 Å². The quantitative estimate of drug-likeness (QED) is 0.420. The van der Waals surface area contributed by atoms with Gasteiger partial charge in [0.2, 0.25) is 5.91 Å². The molecule has 1 aliphatic heterocycles. The van der Waals surface area contributed by atoms with Crippen molar-refractivity contribution in [3.05, 3.63) is 0 Å². The van der Waals surface area contributed by atoms with E-state index in [9.17, 15) is 4.79 Å². The maximum absolute atomic E-state index is 10.7. The summed E-state index contributed by atoms with van der Waals surface area (Å²) in [4.78, 5) is 10.7. The van der Waals surface area contributed by atoms with Gasteiger partial charge in [0.25, 0.3) is 0 Å². The van der Waals surface area contributed by atoms with Gasteiger partial charge in [0, 0.05) is 24.4 Å². The SMILES string of the molecule is CC(S)NC[C@@H]1CCC(=O)N1. The second-order valence-corrected chi connectivity index (χ2v) is 3.66. The van der Waals surface area contributed by atoms with Gasteiger partial charge < -0.3 is 10.6 Å². The van der Waals surface area contributed by atoms with Crippen LogP contribution in [0.2, 0.25) is 0 Å². The van der Waals surface area contributed by atoms with E-state index in [4.69, 9.17) is 0 Å². The van der Waals surface area contributed by atoms with Crippen LogP contribution >= 0.6 is 12.6 Å². The Balaban J connectivity index is 2.13. The molecule has 1 amide bonds. The van der Waals surface area contributed by atoms with Crippen LogP contribution in [-0.2, 0) is 4.79 Å². The van der Waals surface area contributed by atoms with Crippen molar-refractivity contribution < 1.29 is 4.79 Å². The molecule has 2 N–H and O–H groups in total. The molecular formula is C7H14N2OS. The van der Waals surface area contributed by atoms with Crippen molar-refractivity contribution in [1.82, 2.24) is 10.6 Å². The molecule has 3 nitrogen and oxygen atoms in total. The summed E-state index contributed by atoms with van der Waals surface area (Å²) in [5.41, 5.74) is 0. The number of amides is 1. The zero-order valence-corrected chi connectivity index (χ0v) is 7.53. The molecule has 2 atom stereocenters. The Hall–Kier alpha value is -0.220. The van der Waals surface area contributed by atoms with Crippen LogP contribution in [0, 0.1) is 0 Å². The molecule has 1 fully saturated rings. The number of hydrogen-bond acceptors (Lipinski definition) is 3. The van der Waals surface area contributed by atoms with Crippen LogP contribution in [0.15, 0.2) is 0 Å². The third-order valence-corrected chi connectivity index (χ3v) is 1.93. The Morgan fingerprint density at radius 2 is 2.64 bits per heavy atom. The van der Waals surface area contributed by atoms with E-state index in [1.807, 2.05) is 6.92 Å². The van der Waals surface area contributed by atoms with Gasteiger partial charge >= 0.3 is 0 Å². The highest BCUT2D eigenvalue weighted by Gasteiger charge is 2.19. The Kier molecular flexibility index (Phi) is 3.20. The molecule has 1 aliphatic rings. The molecule has 0 aromatic carbocycles. The van der Waals surface area contributed by atoms with Gasteiger partial charge in [-0.25, -0.2) is 0 Å². The summed E-state index contributed by atoms with van der Waals surface area (Å²) in [7, 11) is 0. The third-order valence-electron chi connectivity index (χ3n) is 1.74. The van der Waals surface area contributed by atoms with E-state index >= 15 is 0 Å². The molecule has 0 spiro atoms. The molecule has 4 heteroatoms. The first-order valence-corrected chi connectivity index (χ1v) is 4.41. The minimum atomic E-state index is 0.170. The number of nitrogens with one attached hydrogen (secondary N) is 2. The maximum atomic E-state index is 10.7. The number of carbonyl (C=O) groups excluding carboxylic acids is 1. The molecule has 0 bridgehead atoms. The molecule has 0 aromatic heterocycles. The molecule has 1 unspecified atom stereocenters. The van der Waals surface area contributed by atoms with E-state index in [1.54, 1.807) is 0 Å². The number of hydrogen-bond donors (Lipinski definition) is 3. The van der Waals surface area contributed by atoms with Gasteiger partial charge in [-0.15, -0.1) is 0 Å². The van der Waals surface area contributed by atoms with Gasteiger partial charge in [-0.05, 0) is 13.3 Å². The normalized spacial score (nSPS) is 26.7. The van der Waals surface area contributed by atoms with Crippen molar-refractivity contribution in [1.29, 1.82) is 0 Å². The first kappa shape index (κ1) is 8.87. The van der Waals surface area contributed by atoms with E-state index in [0.717, 1.165) is 13.0 Å². The van der Waals surface area contributed by atoms with Gasteiger partial charge in [0.1, 0.15) is 0 Å². The average Bonchev–Trinajstić information content (AvgIpc) is 2.31. The van der Waals surface area contributed by atoms with Crippen molar-refractivity contribution in [3.63, 3.8) is 0 Å². The predicted octanol–water partition coefficient (Wildman–Crippen LogP) is 0.130. The lowest BCUT2D eigenvalue weighted by Crippen LogP contribution is -2.37. The van der Waals surface area contributed by atoms with Crippen LogP contribution in [0.4, 0.5) is 0 Å². The van der Waals surface area contributed by atoms with Crippen LogP contribution in [0.1, 0.15) is 19.8 Å². The van der Waals surface area contributed by atoms with Crippen molar-refractivity contribution in [2.75, 3.05) is 6.54 Å². The van der Waals surface area contributed by atoms with E-state index in [2.05, 4.69) is 23.3 Å². The van der Waals surface area contributed by atoms with Crippen LogP contribution in [0.3, 0.4) is 0 Å². The fourth-order valence-corrected chi connectivity index (χ4v) is 1.25. The molecule has 1 saturated heterocycles. The average molecular weight is 174 g/mol. The molecule has 0 aromatic rings. The van der Waals surface area contributed by atoms with Crippen LogP contribution in [0.25, 0.3) is 0 Å². The largest absolute Gasteiger partial charge is 0.352 e. The standard InChI is InChI=1S/C7H14N2OS/c1-5(11)8-4-6-2-3-7(10)9-6/h5-6,8,11H,2-4H2,1H3,(H,9,10)/t5?,6-/m0/s1. The molecule has 64 valence electrons. The van der Waals surface area contributed by atoms with E-state index in [0.29, 0.717) is 12.5 Å². The topological polar surface area (TPSA) is 41.1 Å². The van der Waals surface area contributed by atoms with Crippen molar-refractivity contribution in [3.8, 4) is 0 Å². The van der Waals surface area contributed by atoms with E-state index in [-0.39, 0.29) is 11.3 Å². The first-order valence-electron chi connectivity index (χ1n) is 3.89. The van der Waals surface area contributed by atoms with Crippen LogP contribution < -0.4 is 10.6 Å². The van der Waals surface area contributed by atoms with Crippen LogP contribution in [-0.4, -0.2) is 23.9 Å². The second-order valence-electron chi connectivity index (χ2n) is 2.89. The van der Waals surface area contributed by atoms with Gasteiger partial charge in [0.05, 0.1) is 0 Å². The van der Waals surface area contributed by atoms with Crippen molar-refractivity contribution in [2.45, 2.75) is 31.2 Å². The highest BCUT2D eigenvalue weighted by Crippen LogP contribution is 2.05. The monoisotopic (exact) mass is 174 g/mol. The summed E-state index contributed by atoms with van der Waals surface area (Å²) >= 11 is 4.17. The lowest BCUT2D eigenvalue weighted by atomic mass is 10.2. The minimum Gasteiger partial charge on any atom is -0.352 e. The van der Waals surface area contributed by atoms with Gasteiger partial charge in [-0.1, -0.05) is 0 Å². The molecule has 0 radical (unpaired) electrons. The Morgan fingerprint density at radius 1 is 1.91 bits per heavy atom. The number of rotatable bonds is 3. The molecule has 11 heavy (non-hydrogen) atoms. The lowest BCUT2D eigenvalue weighted by Gasteiger charge is -2.12. The zero-order valence-electron chi connectivity index (χ0n) is 6.63. The molecule has 0 saturated carbocycles. The third kappa shape index (κ3) is 3.12. The molecular weight excluding hydrogens is 160 g/mol. The van der Waals surface area contributed by atoms with Gasteiger partial charge in [-0.3, -0.25) is 4.79 Å². The summed E-state index contributed by atoms with van der Waals surface area (Å²) < 4.78 is 0. The summed E-state index contributed by atoms with van der Waals surface area (Å²) in [6.45, 7) is 2.80. The first-order chi connectivity index (χ1) is 5.18. The van der Waals surface area contributed by atoms with E-state index in [1.165, 1.54) is 0 Å². The number of carbonyl (C=O) groups is 1. The Labute approximate surface area is 72.3 Å². The molecule has 1 heterocycles. The predicted molar refractivity (Wildman–Crippen MR) is 47.6 cm³/mol. The summed E-state index contributed by atoms with van der Waals surface area (Å²) in [6, 6.07) is 0.317.